The molecule has 1 aliphatic rings. The standard InChI is InChI=1S/C12H20ClN3/c1-3-9-4-6-10(7-5-9)16-12(14)11(13)8(2)15-16/h9-10H,3-7,14H2,1-2H3. The van der Waals surface area contributed by atoms with Crippen molar-refractivity contribution in [2.75, 3.05) is 5.73 Å². The van der Waals surface area contributed by atoms with Crippen LogP contribution in [-0.4, -0.2) is 9.78 Å². The molecule has 2 rings (SSSR count). The molecule has 0 saturated heterocycles. The molecule has 0 bridgehead atoms. The van der Waals surface area contributed by atoms with Crippen LogP contribution in [0.1, 0.15) is 50.8 Å². The number of halogens is 1. The van der Waals surface area contributed by atoms with Gasteiger partial charge in [0.25, 0.3) is 0 Å². The van der Waals surface area contributed by atoms with E-state index < -0.39 is 0 Å². The molecule has 1 aromatic heterocycles. The van der Waals surface area contributed by atoms with Crippen LogP contribution in [0.4, 0.5) is 5.82 Å². The van der Waals surface area contributed by atoms with E-state index in [2.05, 4.69) is 12.0 Å². The Kier molecular flexibility index (Phi) is 3.43. The molecule has 0 unspecified atom stereocenters. The summed E-state index contributed by atoms with van der Waals surface area (Å²) >= 11 is 6.07. The number of aryl methyl sites for hydroxylation is 1. The molecular formula is C12H20ClN3. The molecule has 1 aliphatic carbocycles. The Labute approximate surface area is 102 Å². The molecule has 4 heteroatoms. The van der Waals surface area contributed by atoms with Crippen molar-refractivity contribution in [3.63, 3.8) is 0 Å². The van der Waals surface area contributed by atoms with Gasteiger partial charge in [0.2, 0.25) is 0 Å². The first kappa shape index (κ1) is 11.8. The molecule has 0 aliphatic heterocycles. The monoisotopic (exact) mass is 241 g/mol. The second-order valence-electron chi connectivity index (χ2n) is 4.81. The third-order valence-electron chi connectivity index (χ3n) is 3.79. The summed E-state index contributed by atoms with van der Waals surface area (Å²) < 4.78 is 1.93. The smallest absolute Gasteiger partial charge is 0.141 e. The fourth-order valence-electron chi connectivity index (χ4n) is 2.62. The lowest BCUT2D eigenvalue weighted by atomic mass is 9.84. The van der Waals surface area contributed by atoms with Crippen LogP contribution in [0.25, 0.3) is 0 Å². The lowest BCUT2D eigenvalue weighted by molar-refractivity contribution is 0.258. The minimum absolute atomic E-state index is 0.453. The maximum absolute atomic E-state index is 6.07. The largest absolute Gasteiger partial charge is 0.383 e. The molecule has 2 N–H and O–H groups in total. The van der Waals surface area contributed by atoms with Crippen LogP contribution in [0.2, 0.25) is 5.02 Å². The van der Waals surface area contributed by atoms with Crippen LogP contribution >= 0.6 is 11.6 Å². The van der Waals surface area contributed by atoms with Crippen molar-refractivity contribution in [3.05, 3.63) is 10.7 Å². The SMILES string of the molecule is CCC1CCC(n2nc(C)c(Cl)c2N)CC1. The molecule has 0 radical (unpaired) electrons. The van der Waals surface area contributed by atoms with E-state index >= 15 is 0 Å². The molecule has 1 fully saturated rings. The van der Waals surface area contributed by atoms with E-state index in [1.807, 2.05) is 11.6 Å². The Morgan fingerprint density at radius 2 is 2.00 bits per heavy atom. The van der Waals surface area contributed by atoms with Gasteiger partial charge in [-0.15, -0.1) is 0 Å². The molecule has 1 heterocycles. The highest BCUT2D eigenvalue weighted by Gasteiger charge is 2.24. The van der Waals surface area contributed by atoms with Crippen LogP contribution in [-0.2, 0) is 0 Å². The number of aromatic nitrogens is 2. The van der Waals surface area contributed by atoms with Gasteiger partial charge in [-0.05, 0) is 38.5 Å². The van der Waals surface area contributed by atoms with Crippen molar-refractivity contribution < 1.29 is 0 Å². The summed E-state index contributed by atoms with van der Waals surface area (Å²) in [7, 11) is 0. The molecule has 1 aromatic rings. The zero-order chi connectivity index (χ0) is 11.7. The highest BCUT2D eigenvalue weighted by atomic mass is 35.5. The highest BCUT2D eigenvalue weighted by molar-refractivity contribution is 6.33. The van der Waals surface area contributed by atoms with E-state index in [4.69, 9.17) is 17.3 Å². The Morgan fingerprint density at radius 3 is 2.44 bits per heavy atom. The topological polar surface area (TPSA) is 43.8 Å². The van der Waals surface area contributed by atoms with Crippen LogP contribution in [0.15, 0.2) is 0 Å². The van der Waals surface area contributed by atoms with E-state index in [0.717, 1.165) is 11.6 Å². The number of hydrogen-bond donors (Lipinski definition) is 1. The van der Waals surface area contributed by atoms with E-state index in [1.54, 1.807) is 0 Å². The maximum Gasteiger partial charge on any atom is 0.141 e. The summed E-state index contributed by atoms with van der Waals surface area (Å²) in [5, 5.41) is 5.07. The van der Waals surface area contributed by atoms with E-state index in [1.165, 1.54) is 32.1 Å². The molecule has 3 nitrogen and oxygen atoms in total. The zero-order valence-electron chi connectivity index (χ0n) is 10.0. The Bertz CT molecular complexity index is 365. The van der Waals surface area contributed by atoms with E-state index in [-0.39, 0.29) is 0 Å². The van der Waals surface area contributed by atoms with Gasteiger partial charge in [0.05, 0.1) is 11.7 Å². The minimum Gasteiger partial charge on any atom is -0.383 e. The van der Waals surface area contributed by atoms with Gasteiger partial charge in [-0.1, -0.05) is 24.9 Å². The van der Waals surface area contributed by atoms with Gasteiger partial charge in [-0.2, -0.15) is 5.10 Å². The van der Waals surface area contributed by atoms with Crippen molar-refractivity contribution in [1.29, 1.82) is 0 Å². The van der Waals surface area contributed by atoms with Gasteiger partial charge in [-0.25, -0.2) is 4.68 Å². The number of anilines is 1. The number of nitrogen functional groups attached to an aromatic ring is 1. The Morgan fingerprint density at radius 1 is 1.38 bits per heavy atom. The summed E-state index contributed by atoms with van der Waals surface area (Å²) in [6.07, 6.45) is 6.23. The first-order valence-electron chi connectivity index (χ1n) is 6.13. The number of rotatable bonds is 2. The van der Waals surface area contributed by atoms with Crippen LogP contribution in [0.5, 0.6) is 0 Å². The lowest BCUT2D eigenvalue weighted by Gasteiger charge is -2.28. The van der Waals surface area contributed by atoms with Crippen molar-refractivity contribution in [2.24, 2.45) is 5.92 Å². The van der Waals surface area contributed by atoms with E-state index in [9.17, 15) is 0 Å². The summed E-state index contributed by atoms with van der Waals surface area (Å²) in [6.45, 7) is 4.18. The molecule has 0 atom stereocenters. The van der Waals surface area contributed by atoms with Gasteiger partial charge in [0.1, 0.15) is 10.8 Å². The van der Waals surface area contributed by atoms with Crippen LogP contribution in [0, 0.1) is 12.8 Å². The van der Waals surface area contributed by atoms with Crippen LogP contribution < -0.4 is 5.73 Å². The highest BCUT2D eigenvalue weighted by Crippen LogP contribution is 2.36. The first-order valence-corrected chi connectivity index (χ1v) is 6.51. The van der Waals surface area contributed by atoms with Gasteiger partial charge in [0.15, 0.2) is 0 Å². The third-order valence-corrected chi connectivity index (χ3v) is 4.25. The zero-order valence-corrected chi connectivity index (χ0v) is 10.8. The maximum atomic E-state index is 6.07. The predicted molar refractivity (Wildman–Crippen MR) is 67.7 cm³/mol. The third kappa shape index (κ3) is 2.05. The second kappa shape index (κ2) is 4.66. The lowest BCUT2D eigenvalue weighted by Crippen LogP contribution is -2.20. The summed E-state index contributed by atoms with van der Waals surface area (Å²) in [5.74, 6) is 1.53. The summed E-state index contributed by atoms with van der Waals surface area (Å²) in [4.78, 5) is 0. The number of hydrogen-bond acceptors (Lipinski definition) is 2. The predicted octanol–water partition coefficient (Wildman–Crippen LogP) is 3.57. The van der Waals surface area contributed by atoms with Crippen molar-refractivity contribution in [3.8, 4) is 0 Å². The number of nitrogens with zero attached hydrogens (tertiary/aromatic N) is 2. The Hall–Kier alpha value is -0.700. The summed E-state index contributed by atoms with van der Waals surface area (Å²) in [5.41, 5.74) is 6.81. The minimum atomic E-state index is 0.453. The molecule has 90 valence electrons. The molecular weight excluding hydrogens is 222 g/mol. The van der Waals surface area contributed by atoms with Crippen molar-refractivity contribution in [1.82, 2.24) is 9.78 Å². The number of nitrogens with two attached hydrogens (primary N) is 1. The molecule has 1 saturated carbocycles. The van der Waals surface area contributed by atoms with E-state index in [0.29, 0.717) is 16.9 Å². The van der Waals surface area contributed by atoms with Gasteiger partial charge >= 0.3 is 0 Å². The fraction of sp³-hybridized carbons (Fsp3) is 0.750. The average Bonchev–Trinajstić information content (AvgIpc) is 2.57. The summed E-state index contributed by atoms with van der Waals surface area (Å²) in [6, 6.07) is 0.453. The average molecular weight is 242 g/mol. The Balaban J connectivity index is 2.11. The normalized spacial score (nSPS) is 25.9. The first-order chi connectivity index (χ1) is 7.63. The molecule has 0 aromatic carbocycles. The molecule has 16 heavy (non-hydrogen) atoms. The van der Waals surface area contributed by atoms with Crippen molar-refractivity contribution in [2.45, 2.75) is 52.0 Å². The molecule has 0 amide bonds. The van der Waals surface area contributed by atoms with Gasteiger partial charge < -0.3 is 5.73 Å². The van der Waals surface area contributed by atoms with Gasteiger partial charge in [-0.3, -0.25) is 0 Å². The second-order valence-corrected chi connectivity index (χ2v) is 5.19. The quantitative estimate of drug-likeness (QED) is 0.860. The molecule has 0 spiro atoms. The van der Waals surface area contributed by atoms with Crippen LogP contribution in [0.3, 0.4) is 0 Å². The van der Waals surface area contributed by atoms with Crippen molar-refractivity contribution >= 4 is 17.4 Å². The fourth-order valence-corrected chi connectivity index (χ4v) is 2.75. The van der Waals surface area contributed by atoms with Gasteiger partial charge in [0, 0.05) is 0 Å².